The summed E-state index contributed by atoms with van der Waals surface area (Å²) in [5.74, 6) is 2.06. The van der Waals surface area contributed by atoms with Gasteiger partial charge in [-0.2, -0.15) is 4.98 Å². The molecule has 0 atom stereocenters. The van der Waals surface area contributed by atoms with Gasteiger partial charge in [0, 0.05) is 17.9 Å². The summed E-state index contributed by atoms with van der Waals surface area (Å²) in [5.41, 5.74) is 0.826. The van der Waals surface area contributed by atoms with E-state index >= 15 is 0 Å². The van der Waals surface area contributed by atoms with Crippen molar-refractivity contribution in [2.24, 2.45) is 0 Å². The van der Waals surface area contributed by atoms with Gasteiger partial charge in [-0.3, -0.25) is 0 Å². The highest BCUT2D eigenvalue weighted by molar-refractivity contribution is 6.32. The summed E-state index contributed by atoms with van der Waals surface area (Å²) in [5, 5.41) is 7.27. The van der Waals surface area contributed by atoms with Gasteiger partial charge >= 0.3 is 0 Å². The standard InChI is InChI=1S/C18H23ClN4O/c1-24-16-9-8-14(12-15(16)19)22-18-20-11-10-17(23-18)21-13-6-4-2-3-5-7-13/h8-13H,2-7H2,1H3,(H2,20,21,22,23). The molecule has 1 aromatic heterocycles. The fraction of sp³-hybridized carbons (Fsp3) is 0.444. The van der Waals surface area contributed by atoms with Gasteiger partial charge in [0.2, 0.25) is 5.95 Å². The Morgan fingerprint density at radius 2 is 1.92 bits per heavy atom. The summed E-state index contributed by atoms with van der Waals surface area (Å²) >= 11 is 6.15. The Balaban J connectivity index is 1.67. The number of hydrogen-bond acceptors (Lipinski definition) is 5. The van der Waals surface area contributed by atoms with Crippen molar-refractivity contribution < 1.29 is 4.74 Å². The van der Waals surface area contributed by atoms with Crippen molar-refractivity contribution in [3.05, 3.63) is 35.5 Å². The summed E-state index contributed by atoms with van der Waals surface area (Å²) in [6.45, 7) is 0. The lowest BCUT2D eigenvalue weighted by Gasteiger charge is -2.17. The summed E-state index contributed by atoms with van der Waals surface area (Å²) in [6, 6.07) is 7.93. The predicted octanol–water partition coefficient (Wildman–Crippen LogP) is 5.02. The highest BCUT2D eigenvalue weighted by Gasteiger charge is 2.12. The maximum Gasteiger partial charge on any atom is 0.229 e. The van der Waals surface area contributed by atoms with Gasteiger partial charge in [-0.25, -0.2) is 4.98 Å². The van der Waals surface area contributed by atoms with E-state index in [-0.39, 0.29) is 0 Å². The minimum absolute atomic E-state index is 0.505. The molecule has 5 nitrogen and oxygen atoms in total. The van der Waals surface area contributed by atoms with Crippen LogP contribution < -0.4 is 15.4 Å². The molecule has 0 bridgehead atoms. The number of ether oxygens (including phenoxy) is 1. The molecule has 1 aromatic carbocycles. The number of methoxy groups -OCH3 is 1. The molecule has 3 rings (SSSR count). The lowest BCUT2D eigenvalue weighted by atomic mass is 10.1. The Kier molecular flexibility index (Phi) is 5.75. The van der Waals surface area contributed by atoms with Crippen molar-refractivity contribution in [1.82, 2.24) is 9.97 Å². The first kappa shape index (κ1) is 16.8. The van der Waals surface area contributed by atoms with Crippen LogP contribution in [-0.2, 0) is 0 Å². The van der Waals surface area contributed by atoms with Gasteiger partial charge in [-0.15, -0.1) is 0 Å². The van der Waals surface area contributed by atoms with Crippen LogP contribution in [-0.4, -0.2) is 23.1 Å². The number of halogens is 1. The van der Waals surface area contributed by atoms with Crippen LogP contribution >= 0.6 is 11.6 Å². The number of nitrogens with zero attached hydrogens (tertiary/aromatic N) is 2. The van der Waals surface area contributed by atoms with E-state index in [2.05, 4.69) is 20.6 Å². The molecule has 0 spiro atoms. The zero-order chi connectivity index (χ0) is 16.8. The van der Waals surface area contributed by atoms with Crippen molar-refractivity contribution in [3.63, 3.8) is 0 Å². The summed E-state index contributed by atoms with van der Waals surface area (Å²) < 4.78 is 5.16. The average molecular weight is 347 g/mol. The molecule has 1 heterocycles. The highest BCUT2D eigenvalue weighted by Crippen LogP contribution is 2.28. The SMILES string of the molecule is COc1ccc(Nc2nccc(NC3CCCCCC3)n2)cc1Cl. The largest absolute Gasteiger partial charge is 0.495 e. The zero-order valence-electron chi connectivity index (χ0n) is 13.9. The first-order valence-electron chi connectivity index (χ1n) is 8.45. The molecule has 0 unspecified atom stereocenters. The Labute approximate surface area is 147 Å². The molecule has 1 saturated carbocycles. The van der Waals surface area contributed by atoms with Crippen LogP contribution in [0.3, 0.4) is 0 Å². The first-order chi connectivity index (χ1) is 11.7. The Morgan fingerprint density at radius 1 is 1.12 bits per heavy atom. The molecule has 0 saturated heterocycles. The van der Waals surface area contributed by atoms with Crippen molar-refractivity contribution in [3.8, 4) is 5.75 Å². The summed E-state index contributed by atoms with van der Waals surface area (Å²) in [4.78, 5) is 8.84. The molecule has 24 heavy (non-hydrogen) atoms. The van der Waals surface area contributed by atoms with Crippen molar-refractivity contribution >= 4 is 29.1 Å². The Morgan fingerprint density at radius 3 is 2.62 bits per heavy atom. The molecule has 6 heteroatoms. The molecule has 0 aliphatic heterocycles. The average Bonchev–Trinajstić information content (AvgIpc) is 2.84. The molecule has 1 aliphatic rings. The normalized spacial score (nSPS) is 15.6. The van der Waals surface area contributed by atoms with E-state index in [4.69, 9.17) is 16.3 Å². The molecule has 1 fully saturated rings. The fourth-order valence-electron chi connectivity index (χ4n) is 3.01. The van der Waals surface area contributed by atoms with Gasteiger partial charge in [-0.1, -0.05) is 37.3 Å². The highest BCUT2D eigenvalue weighted by atomic mass is 35.5. The van der Waals surface area contributed by atoms with Crippen LogP contribution in [0.1, 0.15) is 38.5 Å². The lowest BCUT2D eigenvalue weighted by Crippen LogP contribution is -2.19. The van der Waals surface area contributed by atoms with Gasteiger partial charge in [0.25, 0.3) is 0 Å². The van der Waals surface area contributed by atoms with E-state index in [9.17, 15) is 0 Å². The molecule has 0 radical (unpaired) electrons. The number of hydrogen-bond donors (Lipinski definition) is 2. The van der Waals surface area contributed by atoms with Gasteiger partial charge in [0.1, 0.15) is 11.6 Å². The summed E-state index contributed by atoms with van der Waals surface area (Å²) in [6.07, 6.45) is 9.44. The topological polar surface area (TPSA) is 59.1 Å². The van der Waals surface area contributed by atoms with E-state index in [1.807, 2.05) is 18.2 Å². The molecule has 2 aromatic rings. The minimum Gasteiger partial charge on any atom is -0.495 e. The van der Waals surface area contributed by atoms with Crippen molar-refractivity contribution in [2.45, 2.75) is 44.6 Å². The number of anilines is 3. The van der Waals surface area contributed by atoms with Crippen molar-refractivity contribution in [1.29, 1.82) is 0 Å². The second kappa shape index (κ2) is 8.20. The molecule has 128 valence electrons. The third-order valence-electron chi connectivity index (χ3n) is 4.27. The second-order valence-electron chi connectivity index (χ2n) is 6.07. The maximum absolute atomic E-state index is 6.15. The van der Waals surface area contributed by atoms with E-state index < -0.39 is 0 Å². The quantitative estimate of drug-likeness (QED) is 0.744. The van der Waals surface area contributed by atoms with Crippen molar-refractivity contribution in [2.75, 3.05) is 17.7 Å². The number of rotatable bonds is 5. The van der Waals surface area contributed by atoms with E-state index in [0.717, 1.165) is 11.5 Å². The third-order valence-corrected chi connectivity index (χ3v) is 4.57. The molecule has 2 N–H and O–H groups in total. The van der Waals surface area contributed by atoms with Crippen LogP contribution in [0.25, 0.3) is 0 Å². The van der Waals surface area contributed by atoms with Crippen LogP contribution in [0.5, 0.6) is 5.75 Å². The monoisotopic (exact) mass is 346 g/mol. The number of aromatic nitrogens is 2. The molecule has 0 amide bonds. The van der Waals surface area contributed by atoms with E-state index in [1.54, 1.807) is 19.4 Å². The minimum atomic E-state index is 0.505. The number of nitrogens with one attached hydrogen (secondary N) is 2. The van der Waals surface area contributed by atoms with Gasteiger partial charge in [-0.05, 0) is 37.1 Å². The van der Waals surface area contributed by atoms with Gasteiger partial charge in [0.05, 0.1) is 12.1 Å². The summed E-state index contributed by atoms with van der Waals surface area (Å²) in [7, 11) is 1.60. The Hall–Kier alpha value is -2.01. The first-order valence-corrected chi connectivity index (χ1v) is 8.82. The van der Waals surface area contributed by atoms with Gasteiger partial charge in [0.15, 0.2) is 0 Å². The lowest BCUT2D eigenvalue weighted by molar-refractivity contribution is 0.415. The maximum atomic E-state index is 6.15. The smallest absolute Gasteiger partial charge is 0.229 e. The van der Waals surface area contributed by atoms with Crippen LogP contribution in [0.15, 0.2) is 30.5 Å². The second-order valence-corrected chi connectivity index (χ2v) is 6.48. The molecular formula is C18H23ClN4O. The number of benzene rings is 1. The van der Waals surface area contributed by atoms with Crippen LogP contribution in [0, 0.1) is 0 Å². The predicted molar refractivity (Wildman–Crippen MR) is 98.4 cm³/mol. The molecule has 1 aliphatic carbocycles. The van der Waals surface area contributed by atoms with Gasteiger partial charge < -0.3 is 15.4 Å². The van der Waals surface area contributed by atoms with Crippen LogP contribution in [0.2, 0.25) is 5.02 Å². The van der Waals surface area contributed by atoms with E-state index in [1.165, 1.54) is 38.5 Å². The van der Waals surface area contributed by atoms with E-state index in [0.29, 0.717) is 22.8 Å². The molecular weight excluding hydrogens is 324 g/mol. The Bertz CT molecular complexity index is 672. The van der Waals surface area contributed by atoms with Crippen LogP contribution in [0.4, 0.5) is 17.5 Å². The zero-order valence-corrected chi connectivity index (χ0v) is 14.6. The fourth-order valence-corrected chi connectivity index (χ4v) is 3.26. The third kappa shape index (κ3) is 4.51.